The van der Waals surface area contributed by atoms with Gasteiger partial charge in [0.1, 0.15) is 0 Å². The smallest absolute Gasteiger partial charge is 0.253 e. The third-order valence-corrected chi connectivity index (χ3v) is 1.67. The van der Waals surface area contributed by atoms with Crippen LogP contribution >= 0.6 is 0 Å². The fourth-order valence-electron chi connectivity index (χ4n) is 1.03. The van der Waals surface area contributed by atoms with Crippen molar-refractivity contribution < 1.29 is 4.79 Å². The molecule has 1 aromatic rings. The van der Waals surface area contributed by atoms with Gasteiger partial charge in [0.15, 0.2) is 0 Å². The standard InChI is InChI=1S/C9H12N2O.C2H6/c1-10-8-6-4-3-5-7(8)9(12)11-2;1-2/h3-6,10H,1-2H3,(H,11,12);1-2H3. The first kappa shape index (κ1) is 12.5. The van der Waals surface area contributed by atoms with E-state index in [2.05, 4.69) is 10.6 Å². The van der Waals surface area contributed by atoms with Gasteiger partial charge in [-0.25, -0.2) is 0 Å². The molecule has 14 heavy (non-hydrogen) atoms. The van der Waals surface area contributed by atoms with E-state index in [1.165, 1.54) is 0 Å². The van der Waals surface area contributed by atoms with Crippen LogP contribution in [0.4, 0.5) is 5.69 Å². The van der Waals surface area contributed by atoms with Gasteiger partial charge in [-0.15, -0.1) is 0 Å². The van der Waals surface area contributed by atoms with Gasteiger partial charge < -0.3 is 10.6 Å². The van der Waals surface area contributed by atoms with Crippen LogP contribution in [0, 0.1) is 0 Å². The second-order valence-corrected chi connectivity index (χ2v) is 2.37. The Morgan fingerprint density at radius 3 is 2.21 bits per heavy atom. The predicted molar refractivity (Wildman–Crippen MR) is 60.7 cm³/mol. The van der Waals surface area contributed by atoms with Crippen LogP contribution in [-0.4, -0.2) is 20.0 Å². The molecule has 78 valence electrons. The van der Waals surface area contributed by atoms with Crippen LogP contribution in [0.3, 0.4) is 0 Å². The third-order valence-electron chi connectivity index (χ3n) is 1.67. The average molecular weight is 194 g/mol. The number of hydrogen-bond acceptors (Lipinski definition) is 2. The molecule has 0 bridgehead atoms. The maximum Gasteiger partial charge on any atom is 0.253 e. The van der Waals surface area contributed by atoms with E-state index >= 15 is 0 Å². The summed E-state index contributed by atoms with van der Waals surface area (Å²) in [7, 11) is 3.41. The monoisotopic (exact) mass is 194 g/mol. The maximum absolute atomic E-state index is 11.2. The first-order valence-electron chi connectivity index (χ1n) is 4.78. The van der Waals surface area contributed by atoms with Gasteiger partial charge in [-0.3, -0.25) is 4.79 Å². The molecule has 1 amide bonds. The van der Waals surface area contributed by atoms with Crippen molar-refractivity contribution >= 4 is 11.6 Å². The zero-order chi connectivity index (χ0) is 11.0. The molecule has 0 aliphatic carbocycles. The van der Waals surface area contributed by atoms with Crippen LogP contribution in [0.5, 0.6) is 0 Å². The number of anilines is 1. The lowest BCUT2D eigenvalue weighted by atomic mass is 10.1. The zero-order valence-corrected chi connectivity index (χ0v) is 9.22. The van der Waals surface area contributed by atoms with Gasteiger partial charge in [-0.2, -0.15) is 0 Å². The zero-order valence-electron chi connectivity index (χ0n) is 9.22. The number of amides is 1. The van der Waals surface area contributed by atoms with Gasteiger partial charge in [0.25, 0.3) is 5.91 Å². The lowest BCUT2D eigenvalue weighted by Gasteiger charge is -2.06. The van der Waals surface area contributed by atoms with Crippen molar-refractivity contribution in [2.75, 3.05) is 19.4 Å². The third kappa shape index (κ3) is 3.09. The second kappa shape index (κ2) is 6.95. The molecule has 1 aromatic carbocycles. The first-order valence-corrected chi connectivity index (χ1v) is 4.78. The molecular weight excluding hydrogens is 176 g/mol. The molecule has 3 nitrogen and oxygen atoms in total. The van der Waals surface area contributed by atoms with Gasteiger partial charge in [0, 0.05) is 19.8 Å². The number of nitrogens with one attached hydrogen (secondary N) is 2. The summed E-state index contributed by atoms with van der Waals surface area (Å²) in [5, 5.41) is 5.53. The molecule has 0 saturated heterocycles. The van der Waals surface area contributed by atoms with Crippen molar-refractivity contribution in [1.29, 1.82) is 0 Å². The number of rotatable bonds is 2. The minimum Gasteiger partial charge on any atom is -0.387 e. The van der Waals surface area contributed by atoms with Gasteiger partial charge in [0.2, 0.25) is 0 Å². The van der Waals surface area contributed by atoms with Crippen LogP contribution in [0.15, 0.2) is 24.3 Å². The quantitative estimate of drug-likeness (QED) is 0.757. The van der Waals surface area contributed by atoms with E-state index in [1.54, 1.807) is 20.2 Å². The van der Waals surface area contributed by atoms with Crippen molar-refractivity contribution in [2.24, 2.45) is 0 Å². The predicted octanol–water partition coefficient (Wildman–Crippen LogP) is 2.11. The van der Waals surface area contributed by atoms with Crippen LogP contribution in [-0.2, 0) is 0 Å². The molecule has 0 unspecified atom stereocenters. The maximum atomic E-state index is 11.2. The summed E-state index contributed by atoms with van der Waals surface area (Å²) in [6.07, 6.45) is 0. The molecular formula is C11H18N2O. The SMILES string of the molecule is CC.CNC(=O)c1ccccc1NC. The second-order valence-electron chi connectivity index (χ2n) is 2.37. The summed E-state index contributed by atoms with van der Waals surface area (Å²) < 4.78 is 0. The van der Waals surface area contributed by atoms with Gasteiger partial charge in [-0.05, 0) is 12.1 Å². The van der Waals surface area contributed by atoms with E-state index in [0.717, 1.165) is 5.69 Å². The highest BCUT2D eigenvalue weighted by Crippen LogP contribution is 2.13. The van der Waals surface area contributed by atoms with Crippen LogP contribution in [0.25, 0.3) is 0 Å². The van der Waals surface area contributed by atoms with Crippen molar-refractivity contribution in [3.8, 4) is 0 Å². The molecule has 0 aliphatic rings. The van der Waals surface area contributed by atoms with Crippen LogP contribution in [0.2, 0.25) is 0 Å². The highest BCUT2D eigenvalue weighted by molar-refractivity contribution is 5.99. The van der Waals surface area contributed by atoms with Crippen molar-refractivity contribution in [3.63, 3.8) is 0 Å². The molecule has 0 heterocycles. The Morgan fingerprint density at radius 2 is 1.71 bits per heavy atom. The molecule has 1 rings (SSSR count). The Bertz CT molecular complexity index is 284. The van der Waals surface area contributed by atoms with E-state index < -0.39 is 0 Å². The molecule has 0 aliphatic heterocycles. The normalized spacial score (nSPS) is 8.29. The Hall–Kier alpha value is -1.51. The van der Waals surface area contributed by atoms with E-state index in [0.29, 0.717) is 5.56 Å². The summed E-state index contributed by atoms with van der Waals surface area (Å²) in [4.78, 5) is 11.2. The molecule has 2 N–H and O–H groups in total. The van der Waals surface area contributed by atoms with Gasteiger partial charge in [0.05, 0.1) is 5.56 Å². The minimum absolute atomic E-state index is 0.0695. The Balaban J connectivity index is 0.000000791. The Labute approximate surface area is 85.5 Å². The molecule has 3 heteroatoms. The van der Waals surface area contributed by atoms with E-state index in [9.17, 15) is 4.79 Å². The molecule has 0 fully saturated rings. The molecule has 0 spiro atoms. The molecule has 0 atom stereocenters. The summed E-state index contributed by atoms with van der Waals surface area (Å²) in [6.45, 7) is 4.00. The fraction of sp³-hybridized carbons (Fsp3) is 0.364. The minimum atomic E-state index is -0.0695. The number of hydrogen-bond donors (Lipinski definition) is 2. The van der Waals surface area contributed by atoms with Gasteiger partial charge >= 0.3 is 0 Å². The lowest BCUT2D eigenvalue weighted by Crippen LogP contribution is -2.18. The number of carbonyl (C=O) groups is 1. The van der Waals surface area contributed by atoms with Crippen LogP contribution in [0.1, 0.15) is 24.2 Å². The van der Waals surface area contributed by atoms with E-state index in [4.69, 9.17) is 0 Å². The largest absolute Gasteiger partial charge is 0.387 e. The van der Waals surface area contributed by atoms with Crippen LogP contribution < -0.4 is 10.6 Å². The van der Waals surface area contributed by atoms with Crippen molar-refractivity contribution in [2.45, 2.75) is 13.8 Å². The summed E-state index contributed by atoms with van der Waals surface area (Å²) >= 11 is 0. The number of carbonyl (C=O) groups excluding carboxylic acids is 1. The summed E-state index contributed by atoms with van der Waals surface area (Å²) in [5.74, 6) is -0.0695. The summed E-state index contributed by atoms with van der Waals surface area (Å²) in [6, 6.07) is 7.37. The fourth-order valence-corrected chi connectivity index (χ4v) is 1.03. The van der Waals surface area contributed by atoms with E-state index in [-0.39, 0.29) is 5.91 Å². The van der Waals surface area contributed by atoms with Crippen molar-refractivity contribution in [1.82, 2.24) is 5.32 Å². The van der Waals surface area contributed by atoms with E-state index in [1.807, 2.05) is 32.0 Å². The summed E-state index contributed by atoms with van der Waals surface area (Å²) in [5.41, 5.74) is 1.51. The Morgan fingerprint density at radius 1 is 1.14 bits per heavy atom. The topological polar surface area (TPSA) is 41.1 Å². The molecule has 0 aromatic heterocycles. The number of benzene rings is 1. The highest BCUT2D eigenvalue weighted by atomic mass is 16.1. The first-order chi connectivity index (χ1) is 6.79. The average Bonchev–Trinajstić information content (AvgIpc) is 2.30. The highest BCUT2D eigenvalue weighted by Gasteiger charge is 2.06. The van der Waals surface area contributed by atoms with Crippen molar-refractivity contribution in [3.05, 3.63) is 29.8 Å². The molecule has 0 saturated carbocycles. The molecule has 0 radical (unpaired) electrons. The number of para-hydroxylation sites is 1. The Kier molecular flexibility index (Phi) is 6.20. The van der Waals surface area contributed by atoms with Gasteiger partial charge in [-0.1, -0.05) is 26.0 Å². The lowest BCUT2D eigenvalue weighted by molar-refractivity contribution is 0.0964.